The number of carbonyl (C=O) groups is 1. The molecule has 1 unspecified atom stereocenters. The van der Waals surface area contributed by atoms with E-state index in [0.29, 0.717) is 11.7 Å². The van der Waals surface area contributed by atoms with Crippen molar-refractivity contribution >= 4 is 5.78 Å². The van der Waals surface area contributed by atoms with Gasteiger partial charge < -0.3 is 0 Å². The van der Waals surface area contributed by atoms with Gasteiger partial charge in [0.1, 0.15) is 5.78 Å². The highest BCUT2D eigenvalue weighted by Crippen LogP contribution is 2.30. The van der Waals surface area contributed by atoms with Gasteiger partial charge in [0, 0.05) is 12.5 Å². The fourth-order valence-electron chi connectivity index (χ4n) is 2.46. The summed E-state index contributed by atoms with van der Waals surface area (Å²) in [5, 5.41) is 0. The lowest BCUT2D eigenvalue weighted by Gasteiger charge is -2.14. The van der Waals surface area contributed by atoms with Crippen LogP contribution in [0.15, 0.2) is 0 Å². The molecule has 0 bridgehead atoms. The average molecular weight is 195 g/mol. The molecule has 0 amide bonds. The molecule has 0 radical (unpaired) electrons. The van der Waals surface area contributed by atoms with Gasteiger partial charge >= 0.3 is 0 Å². The summed E-state index contributed by atoms with van der Waals surface area (Å²) >= 11 is 0. The zero-order chi connectivity index (χ0) is 9.97. The summed E-state index contributed by atoms with van der Waals surface area (Å²) in [7, 11) is 0. The molecule has 1 saturated heterocycles. The van der Waals surface area contributed by atoms with E-state index in [1.807, 2.05) is 0 Å². The number of hydrogen-bond donors (Lipinski definition) is 0. The summed E-state index contributed by atoms with van der Waals surface area (Å²) in [5.74, 6) is 1.81. The Morgan fingerprint density at radius 2 is 2.14 bits per heavy atom. The van der Waals surface area contributed by atoms with E-state index in [-0.39, 0.29) is 0 Å². The van der Waals surface area contributed by atoms with Crippen LogP contribution in [0.3, 0.4) is 0 Å². The quantitative estimate of drug-likeness (QED) is 0.669. The monoisotopic (exact) mass is 195 g/mol. The van der Waals surface area contributed by atoms with E-state index in [9.17, 15) is 4.79 Å². The maximum atomic E-state index is 11.6. The van der Waals surface area contributed by atoms with E-state index in [2.05, 4.69) is 11.8 Å². The molecule has 1 atom stereocenters. The molecule has 0 spiro atoms. The van der Waals surface area contributed by atoms with Gasteiger partial charge in [0.25, 0.3) is 0 Å². The zero-order valence-electron chi connectivity index (χ0n) is 9.17. The molecule has 0 aromatic heterocycles. The molecule has 2 heteroatoms. The van der Waals surface area contributed by atoms with Gasteiger partial charge in [-0.25, -0.2) is 0 Å². The highest BCUT2D eigenvalue weighted by molar-refractivity contribution is 5.85. The predicted molar refractivity (Wildman–Crippen MR) is 57.2 cm³/mol. The lowest BCUT2D eigenvalue weighted by atomic mass is 10.0. The highest BCUT2D eigenvalue weighted by atomic mass is 16.1. The Bertz CT molecular complexity index is 210. The van der Waals surface area contributed by atoms with Crippen molar-refractivity contribution in [3.8, 4) is 0 Å². The highest BCUT2D eigenvalue weighted by Gasteiger charge is 2.32. The van der Waals surface area contributed by atoms with Crippen LogP contribution in [0.2, 0.25) is 0 Å². The van der Waals surface area contributed by atoms with Crippen molar-refractivity contribution in [3.05, 3.63) is 0 Å². The van der Waals surface area contributed by atoms with Crippen molar-refractivity contribution in [2.24, 2.45) is 11.8 Å². The molecular weight excluding hydrogens is 174 g/mol. The first-order valence-corrected chi connectivity index (χ1v) is 6.04. The van der Waals surface area contributed by atoms with E-state index in [4.69, 9.17) is 0 Å². The van der Waals surface area contributed by atoms with E-state index in [1.165, 1.54) is 25.8 Å². The molecule has 0 N–H and O–H groups in total. The van der Waals surface area contributed by atoms with Gasteiger partial charge in [-0.3, -0.25) is 9.69 Å². The van der Waals surface area contributed by atoms with Gasteiger partial charge in [-0.15, -0.1) is 0 Å². The summed E-state index contributed by atoms with van der Waals surface area (Å²) in [5.41, 5.74) is 0. The molecule has 2 fully saturated rings. The van der Waals surface area contributed by atoms with Gasteiger partial charge in [0.05, 0.1) is 6.54 Å². The predicted octanol–water partition coefficient (Wildman–Crippen LogP) is 2.09. The Morgan fingerprint density at radius 1 is 1.36 bits per heavy atom. The third-order valence-corrected chi connectivity index (χ3v) is 3.48. The molecule has 1 saturated carbocycles. The van der Waals surface area contributed by atoms with Gasteiger partial charge in [0.15, 0.2) is 0 Å². The molecule has 0 aromatic rings. The van der Waals surface area contributed by atoms with Crippen molar-refractivity contribution in [2.45, 2.75) is 39.0 Å². The second-order valence-corrected chi connectivity index (χ2v) is 4.92. The smallest absolute Gasteiger partial charge is 0.149 e. The zero-order valence-corrected chi connectivity index (χ0v) is 9.17. The van der Waals surface area contributed by atoms with Crippen LogP contribution >= 0.6 is 0 Å². The van der Waals surface area contributed by atoms with Crippen LogP contribution in [-0.2, 0) is 4.79 Å². The summed E-state index contributed by atoms with van der Waals surface area (Å²) in [4.78, 5) is 13.9. The van der Waals surface area contributed by atoms with Gasteiger partial charge in [-0.05, 0) is 38.1 Å². The van der Waals surface area contributed by atoms with Gasteiger partial charge in [-0.2, -0.15) is 0 Å². The molecular formula is C12H21NO. The summed E-state index contributed by atoms with van der Waals surface area (Å²) in [6.07, 6.45) is 6.26. The van der Waals surface area contributed by atoms with Crippen LogP contribution in [0, 0.1) is 11.8 Å². The Balaban J connectivity index is 1.69. The van der Waals surface area contributed by atoms with Crippen molar-refractivity contribution in [1.29, 1.82) is 0 Å². The summed E-state index contributed by atoms with van der Waals surface area (Å²) in [6.45, 7) is 5.32. The molecule has 1 aliphatic heterocycles. The Morgan fingerprint density at radius 3 is 2.79 bits per heavy atom. The van der Waals surface area contributed by atoms with Crippen LogP contribution in [0.4, 0.5) is 0 Å². The SMILES string of the molecule is CCCC1CCN(CC(=O)C2CC2)C1. The number of nitrogens with zero attached hydrogens (tertiary/aromatic N) is 1. The molecule has 2 aliphatic rings. The van der Waals surface area contributed by atoms with E-state index in [1.54, 1.807) is 0 Å². The van der Waals surface area contributed by atoms with Crippen LogP contribution in [0.1, 0.15) is 39.0 Å². The molecule has 2 rings (SSSR count). The van der Waals surface area contributed by atoms with Crippen LogP contribution in [0.5, 0.6) is 0 Å². The van der Waals surface area contributed by atoms with E-state index >= 15 is 0 Å². The standard InChI is InChI=1S/C12H21NO/c1-2-3-10-6-7-13(8-10)9-12(14)11-4-5-11/h10-11H,2-9H2,1H3. The largest absolute Gasteiger partial charge is 0.298 e. The van der Waals surface area contributed by atoms with Crippen LogP contribution in [0.25, 0.3) is 0 Å². The van der Waals surface area contributed by atoms with Crippen molar-refractivity contribution in [1.82, 2.24) is 4.90 Å². The second-order valence-electron chi connectivity index (χ2n) is 4.92. The Kier molecular flexibility index (Phi) is 3.22. The minimum absolute atomic E-state index is 0.445. The number of ketones is 1. The first kappa shape index (κ1) is 10.2. The maximum Gasteiger partial charge on any atom is 0.149 e. The van der Waals surface area contributed by atoms with Crippen molar-refractivity contribution in [3.63, 3.8) is 0 Å². The van der Waals surface area contributed by atoms with E-state index in [0.717, 1.165) is 31.8 Å². The van der Waals surface area contributed by atoms with Gasteiger partial charge in [0.2, 0.25) is 0 Å². The fraction of sp³-hybridized carbons (Fsp3) is 0.917. The topological polar surface area (TPSA) is 20.3 Å². The van der Waals surface area contributed by atoms with Gasteiger partial charge in [-0.1, -0.05) is 13.3 Å². The van der Waals surface area contributed by atoms with Crippen molar-refractivity contribution in [2.75, 3.05) is 19.6 Å². The first-order chi connectivity index (χ1) is 6.79. The minimum atomic E-state index is 0.445. The van der Waals surface area contributed by atoms with Crippen molar-refractivity contribution < 1.29 is 4.79 Å². The maximum absolute atomic E-state index is 11.6. The third-order valence-electron chi connectivity index (χ3n) is 3.48. The van der Waals surface area contributed by atoms with E-state index < -0.39 is 0 Å². The second kappa shape index (κ2) is 4.43. The molecule has 80 valence electrons. The Labute approximate surface area is 86.7 Å². The normalized spacial score (nSPS) is 28.2. The minimum Gasteiger partial charge on any atom is -0.298 e. The summed E-state index contributed by atoms with van der Waals surface area (Å²) in [6, 6.07) is 0. The number of carbonyl (C=O) groups excluding carboxylic acids is 1. The number of rotatable bonds is 5. The first-order valence-electron chi connectivity index (χ1n) is 6.04. The molecule has 14 heavy (non-hydrogen) atoms. The number of hydrogen-bond acceptors (Lipinski definition) is 2. The lowest BCUT2D eigenvalue weighted by Crippen LogP contribution is -2.28. The molecule has 2 nitrogen and oxygen atoms in total. The third kappa shape index (κ3) is 2.57. The summed E-state index contributed by atoms with van der Waals surface area (Å²) < 4.78 is 0. The van der Waals surface area contributed by atoms with Crippen LogP contribution < -0.4 is 0 Å². The lowest BCUT2D eigenvalue weighted by molar-refractivity contribution is -0.121. The molecule has 1 heterocycles. The average Bonchev–Trinajstić information content (AvgIpc) is 2.92. The van der Waals surface area contributed by atoms with Crippen LogP contribution in [-0.4, -0.2) is 30.3 Å². The number of Topliss-reactive ketones (excluding diaryl/α,β-unsaturated/α-hetero) is 1. The fourth-order valence-corrected chi connectivity index (χ4v) is 2.46. The molecule has 1 aliphatic carbocycles. The molecule has 0 aromatic carbocycles. The number of likely N-dealkylation sites (tertiary alicyclic amines) is 1. The Hall–Kier alpha value is -0.370.